The van der Waals surface area contributed by atoms with E-state index in [2.05, 4.69) is 34.5 Å². The number of carbonyl (C=O) groups is 1. The number of benzene rings is 1. The molecule has 2 rings (SSSR count). The van der Waals surface area contributed by atoms with Crippen LogP contribution in [0.5, 0.6) is 0 Å². The van der Waals surface area contributed by atoms with Crippen LogP contribution in [0.2, 0.25) is 0 Å². The Morgan fingerprint density at radius 1 is 1.42 bits per heavy atom. The molecule has 0 aromatic heterocycles. The van der Waals surface area contributed by atoms with Crippen molar-refractivity contribution in [1.29, 1.82) is 0 Å². The molecule has 4 heteroatoms. The second-order valence-corrected chi connectivity index (χ2v) is 5.12. The molecule has 0 fully saturated rings. The summed E-state index contributed by atoms with van der Waals surface area (Å²) < 4.78 is 0. The molecule has 0 radical (unpaired) electrons. The van der Waals surface area contributed by atoms with Crippen molar-refractivity contribution in [2.24, 2.45) is 0 Å². The summed E-state index contributed by atoms with van der Waals surface area (Å²) in [5.41, 5.74) is 2.88. The predicted molar refractivity (Wildman–Crippen MR) is 74.7 cm³/mol. The Hall–Kier alpha value is -1.39. The van der Waals surface area contributed by atoms with Crippen molar-refractivity contribution in [2.75, 3.05) is 19.6 Å². The molecule has 1 aliphatic heterocycles. The highest BCUT2D eigenvalue weighted by atomic mass is 16.3. The molecule has 1 unspecified atom stereocenters. The zero-order chi connectivity index (χ0) is 13.7. The van der Waals surface area contributed by atoms with Crippen LogP contribution in [0.3, 0.4) is 0 Å². The van der Waals surface area contributed by atoms with E-state index in [1.54, 1.807) is 0 Å². The first-order valence-corrected chi connectivity index (χ1v) is 6.92. The smallest absolute Gasteiger partial charge is 0.248 e. The normalized spacial score (nSPS) is 16.7. The van der Waals surface area contributed by atoms with Gasteiger partial charge < -0.3 is 10.4 Å². The number of hydrogen-bond acceptors (Lipinski definition) is 3. The molecule has 1 aromatic carbocycles. The minimum Gasteiger partial charge on any atom is -0.384 e. The van der Waals surface area contributed by atoms with Gasteiger partial charge in [0.1, 0.15) is 6.10 Å². The molecule has 0 saturated carbocycles. The Balaban J connectivity index is 1.70. The van der Waals surface area contributed by atoms with Crippen molar-refractivity contribution in [1.82, 2.24) is 10.2 Å². The summed E-state index contributed by atoms with van der Waals surface area (Å²) in [6.07, 6.45) is 1.11. The molecule has 0 spiro atoms. The summed E-state index contributed by atoms with van der Waals surface area (Å²) in [6, 6.07) is 8.58. The van der Waals surface area contributed by atoms with Gasteiger partial charge in [0.25, 0.3) is 0 Å². The minimum absolute atomic E-state index is 0.288. The Morgan fingerprint density at radius 2 is 2.16 bits per heavy atom. The third-order valence-corrected chi connectivity index (χ3v) is 3.54. The second-order valence-electron chi connectivity index (χ2n) is 5.12. The maximum Gasteiger partial charge on any atom is 0.248 e. The van der Waals surface area contributed by atoms with Crippen molar-refractivity contribution in [2.45, 2.75) is 32.4 Å². The average Bonchev–Trinajstić information content (AvgIpc) is 2.43. The fraction of sp³-hybridized carbons (Fsp3) is 0.533. The third-order valence-electron chi connectivity index (χ3n) is 3.54. The van der Waals surface area contributed by atoms with Gasteiger partial charge in [0.05, 0.1) is 0 Å². The molecule has 19 heavy (non-hydrogen) atoms. The van der Waals surface area contributed by atoms with Gasteiger partial charge in [-0.1, -0.05) is 24.3 Å². The molecule has 1 heterocycles. The largest absolute Gasteiger partial charge is 0.384 e. The summed E-state index contributed by atoms with van der Waals surface area (Å²) in [5.74, 6) is -0.288. The van der Waals surface area contributed by atoms with Gasteiger partial charge >= 0.3 is 0 Å². The van der Waals surface area contributed by atoms with E-state index >= 15 is 0 Å². The number of nitrogens with zero attached hydrogens (tertiary/aromatic N) is 1. The van der Waals surface area contributed by atoms with Crippen molar-refractivity contribution in [3.8, 4) is 0 Å². The zero-order valence-electron chi connectivity index (χ0n) is 11.4. The molecule has 2 N–H and O–H groups in total. The second kappa shape index (κ2) is 6.68. The lowest BCUT2D eigenvalue weighted by atomic mass is 10.00. The molecule has 104 valence electrons. The first-order chi connectivity index (χ1) is 9.16. The number of fused-ring (bicyclic) bond motifs is 1. The highest BCUT2D eigenvalue weighted by Gasteiger charge is 2.15. The van der Waals surface area contributed by atoms with Crippen LogP contribution in [0.15, 0.2) is 24.3 Å². The van der Waals surface area contributed by atoms with Gasteiger partial charge in [-0.05, 0) is 30.9 Å². The molecule has 1 aromatic rings. The maximum atomic E-state index is 11.2. The molecule has 1 aliphatic rings. The SMILES string of the molecule is CC(O)C(=O)NCCCN1CCc2ccccc2C1. The lowest BCUT2D eigenvalue weighted by molar-refractivity contribution is -0.128. The van der Waals surface area contributed by atoms with E-state index in [0.29, 0.717) is 6.54 Å². The summed E-state index contributed by atoms with van der Waals surface area (Å²) in [4.78, 5) is 13.6. The van der Waals surface area contributed by atoms with Crippen LogP contribution < -0.4 is 5.32 Å². The Labute approximate surface area is 114 Å². The molecule has 1 atom stereocenters. The van der Waals surface area contributed by atoms with Crippen molar-refractivity contribution in [3.05, 3.63) is 35.4 Å². The zero-order valence-corrected chi connectivity index (χ0v) is 11.4. The van der Waals surface area contributed by atoms with Crippen LogP contribution in [0.4, 0.5) is 0 Å². The fourth-order valence-corrected chi connectivity index (χ4v) is 2.41. The third kappa shape index (κ3) is 4.04. The number of nitrogens with one attached hydrogen (secondary N) is 1. The minimum atomic E-state index is -0.915. The van der Waals surface area contributed by atoms with Gasteiger partial charge in [-0.3, -0.25) is 9.69 Å². The van der Waals surface area contributed by atoms with E-state index in [9.17, 15) is 4.79 Å². The first kappa shape index (κ1) is 14.0. The average molecular weight is 262 g/mol. The topological polar surface area (TPSA) is 52.6 Å². The van der Waals surface area contributed by atoms with Gasteiger partial charge in [-0.2, -0.15) is 0 Å². The maximum absolute atomic E-state index is 11.2. The number of carbonyl (C=O) groups excluding carboxylic acids is 1. The summed E-state index contributed by atoms with van der Waals surface area (Å²) >= 11 is 0. The van der Waals surface area contributed by atoms with E-state index in [-0.39, 0.29) is 5.91 Å². The summed E-state index contributed by atoms with van der Waals surface area (Å²) in [5, 5.41) is 11.8. The predicted octanol–water partition coefficient (Wildman–Crippen LogP) is 0.932. The molecular formula is C15H22N2O2. The number of amides is 1. The number of hydrogen-bond donors (Lipinski definition) is 2. The molecule has 0 saturated heterocycles. The van der Waals surface area contributed by atoms with Gasteiger partial charge in [0.2, 0.25) is 5.91 Å². The fourth-order valence-electron chi connectivity index (χ4n) is 2.41. The van der Waals surface area contributed by atoms with Gasteiger partial charge in [0.15, 0.2) is 0 Å². The monoisotopic (exact) mass is 262 g/mol. The van der Waals surface area contributed by atoms with Crippen molar-refractivity contribution < 1.29 is 9.90 Å². The quantitative estimate of drug-likeness (QED) is 0.776. The highest BCUT2D eigenvalue weighted by Crippen LogP contribution is 2.18. The van der Waals surface area contributed by atoms with Crippen LogP contribution >= 0.6 is 0 Å². The van der Waals surface area contributed by atoms with Crippen LogP contribution in [-0.4, -0.2) is 41.7 Å². The van der Waals surface area contributed by atoms with E-state index in [0.717, 1.165) is 32.5 Å². The molecular weight excluding hydrogens is 240 g/mol. The first-order valence-electron chi connectivity index (χ1n) is 6.92. The number of aliphatic hydroxyl groups is 1. The van der Waals surface area contributed by atoms with E-state index in [1.807, 2.05) is 0 Å². The molecule has 4 nitrogen and oxygen atoms in total. The lowest BCUT2D eigenvalue weighted by Gasteiger charge is -2.28. The van der Waals surface area contributed by atoms with Crippen molar-refractivity contribution in [3.63, 3.8) is 0 Å². The molecule has 0 aliphatic carbocycles. The standard InChI is InChI=1S/C15H22N2O2/c1-12(18)15(19)16-8-4-9-17-10-7-13-5-2-3-6-14(13)11-17/h2-3,5-6,12,18H,4,7-11H2,1H3,(H,16,19). The Bertz CT molecular complexity index is 432. The van der Waals surface area contributed by atoms with E-state index < -0.39 is 6.10 Å². The van der Waals surface area contributed by atoms with Crippen LogP contribution in [0.1, 0.15) is 24.5 Å². The number of aliphatic hydroxyl groups excluding tert-OH is 1. The highest BCUT2D eigenvalue weighted by molar-refractivity contribution is 5.79. The van der Waals surface area contributed by atoms with Crippen LogP contribution in [0.25, 0.3) is 0 Å². The van der Waals surface area contributed by atoms with Gasteiger partial charge in [-0.25, -0.2) is 0 Å². The Kier molecular flexibility index (Phi) is 4.93. The number of rotatable bonds is 5. The van der Waals surface area contributed by atoms with Crippen molar-refractivity contribution >= 4 is 5.91 Å². The molecule has 0 bridgehead atoms. The lowest BCUT2D eigenvalue weighted by Crippen LogP contribution is -2.36. The van der Waals surface area contributed by atoms with Crippen LogP contribution in [0, 0.1) is 0 Å². The van der Waals surface area contributed by atoms with Crippen LogP contribution in [-0.2, 0) is 17.8 Å². The molecule has 1 amide bonds. The Morgan fingerprint density at radius 3 is 2.89 bits per heavy atom. The summed E-state index contributed by atoms with van der Waals surface area (Å²) in [7, 11) is 0. The van der Waals surface area contributed by atoms with Gasteiger partial charge in [-0.15, -0.1) is 0 Å². The van der Waals surface area contributed by atoms with E-state index in [1.165, 1.54) is 18.1 Å². The van der Waals surface area contributed by atoms with E-state index in [4.69, 9.17) is 5.11 Å². The summed E-state index contributed by atoms with van der Waals surface area (Å²) in [6.45, 7) is 5.18. The van der Waals surface area contributed by atoms with Gasteiger partial charge in [0, 0.05) is 26.2 Å².